The molecule has 0 bridgehead atoms. The van der Waals surface area contributed by atoms with Gasteiger partial charge in [0.1, 0.15) is 5.82 Å². The van der Waals surface area contributed by atoms with Crippen LogP contribution in [-0.2, 0) is 11.3 Å². The molecule has 20 heavy (non-hydrogen) atoms. The molecule has 0 spiro atoms. The van der Waals surface area contributed by atoms with Gasteiger partial charge in [0.25, 0.3) is 0 Å². The van der Waals surface area contributed by atoms with Crippen molar-refractivity contribution in [1.82, 2.24) is 4.90 Å². The average molecular weight is 278 g/mol. The van der Waals surface area contributed by atoms with Gasteiger partial charge in [-0.3, -0.25) is 4.90 Å². The van der Waals surface area contributed by atoms with E-state index in [1.165, 1.54) is 6.07 Å². The van der Waals surface area contributed by atoms with Crippen LogP contribution in [0, 0.1) is 17.1 Å². The fraction of sp³-hybridized carbons (Fsp3) is 0.533. The number of ether oxygens (including phenoxy) is 1. The zero-order chi connectivity index (χ0) is 14.6. The third-order valence-electron chi connectivity index (χ3n) is 3.61. The van der Waals surface area contributed by atoms with Gasteiger partial charge in [0.05, 0.1) is 17.2 Å². The average Bonchev–Trinajstić information content (AvgIpc) is 2.41. The van der Waals surface area contributed by atoms with Crippen molar-refractivity contribution in [2.75, 3.05) is 26.8 Å². The molecule has 1 fully saturated rings. The van der Waals surface area contributed by atoms with E-state index in [4.69, 9.17) is 10.00 Å². The van der Waals surface area contributed by atoms with E-state index in [1.807, 2.05) is 18.0 Å². The third kappa shape index (κ3) is 3.76. The minimum Gasteiger partial charge on any atom is -0.388 e. The Balaban J connectivity index is 1.97. The summed E-state index contributed by atoms with van der Waals surface area (Å²) >= 11 is 0. The molecule has 2 rings (SSSR count). The van der Waals surface area contributed by atoms with Crippen molar-refractivity contribution in [2.24, 2.45) is 0 Å². The van der Waals surface area contributed by atoms with E-state index in [-0.39, 0.29) is 5.82 Å². The Morgan fingerprint density at radius 1 is 1.45 bits per heavy atom. The van der Waals surface area contributed by atoms with Crippen LogP contribution >= 0.6 is 0 Å². The van der Waals surface area contributed by atoms with Crippen LogP contribution in [0.3, 0.4) is 0 Å². The summed E-state index contributed by atoms with van der Waals surface area (Å²) in [6.07, 6.45) is 1.21. The minimum absolute atomic E-state index is 0.317. The van der Waals surface area contributed by atoms with Gasteiger partial charge in [0.15, 0.2) is 0 Å². The number of hydrogen-bond donors (Lipinski definition) is 1. The van der Waals surface area contributed by atoms with Crippen molar-refractivity contribution >= 4 is 0 Å². The van der Waals surface area contributed by atoms with Crippen molar-refractivity contribution in [1.29, 1.82) is 5.26 Å². The number of halogens is 1. The molecule has 108 valence electrons. The molecule has 1 aromatic carbocycles. The highest BCUT2D eigenvalue weighted by molar-refractivity contribution is 5.32. The maximum Gasteiger partial charge on any atom is 0.129 e. The first-order valence-electron chi connectivity index (χ1n) is 6.70. The Morgan fingerprint density at radius 2 is 2.15 bits per heavy atom. The molecule has 1 aliphatic heterocycles. The monoisotopic (exact) mass is 278 g/mol. The van der Waals surface area contributed by atoms with Gasteiger partial charge in [-0.15, -0.1) is 0 Å². The van der Waals surface area contributed by atoms with Crippen LogP contribution in [0.25, 0.3) is 0 Å². The van der Waals surface area contributed by atoms with E-state index in [2.05, 4.69) is 0 Å². The molecule has 0 saturated carbocycles. The normalized spacial score (nSPS) is 17.9. The lowest BCUT2D eigenvalue weighted by atomic mass is 9.94. The van der Waals surface area contributed by atoms with Gasteiger partial charge in [-0.2, -0.15) is 5.26 Å². The van der Waals surface area contributed by atoms with Crippen LogP contribution in [0.5, 0.6) is 0 Å². The second-order valence-corrected chi connectivity index (χ2v) is 5.43. The number of benzene rings is 1. The number of nitriles is 1. The van der Waals surface area contributed by atoms with Crippen LogP contribution in [0.15, 0.2) is 18.2 Å². The van der Waals surface area contributed by atoms with E-state index in [1.54, 1.807) is 12.1 Å². The number of aliphatic hydroxyl groups is 1. The smallest absolute Gasteiger partial charge is 0.129 e. The zero-order valence-corrected chi connectivity index (χ0v) is 11.6. The van der Waals surface area contributed by atoms with E-state index in [0.717, 1.165) is 0 Å². The van der Waals surface area contributed by atoms with Crippen molar-refractivity contribution in [3.8, 4) is 6.07 Å². The second-order valence-electron chi connectivity index (χ2n) is 5.43. The molecule has 1 aromatic rings. The maximum absolute atomic E-state index is 13.8. The summed E-state index contributed by atoms with van der Waals surface area (Å²) < 4.78 is 19.1. The topological polar surface area (TPSA) is 56.5 Å². The Kier molecular flexibility index (Phi) is 4.71. The quantitative estimate of drug-likeness (QED) is 0.910. The van der Waals surface area contributed by atoms with E-state index in [0.29, 0.717) is 50.3 Å². The summed E-state index contributed by atoms with van der Waals surface area (Å²) in [6, 6.07) is 6.38. The number of nitrogens with zero attached hydrogens (tertiary/aromatic N) is 2. The van der Waals surface area contributed by atoms with Gasteiger partial charge in [0.2, 0.25) is 0 Å². The predicted molar refractivity (Wildman–Crippen MR) is 72.5 cm³/mol. The Labute approximate surface area is 118 Å². The molecule has 1 aliphatic rings. The molecule has 4 nitrogen and oxygen atoms in total. The van der Waals surface area contributed by atoms with Crippen molar-refractivity contribution < 1.29 is 14.2 Å². The molecule has 0 unspecified atom stereocenters. The van der Waals surface area contributed by atoms with Crippen molar-refractivity contribution in [3.63, 3.8) is 0 Å². The van der Waals surface area contributed by atoms with E-state index < -0.39 is 5.60 Å². The van der Waals surface area contributed by atoms with Gasteiger partial charge in [0, 0.05) is 44.7 Å². The minimum atomic E-state index is -0.754. The zero-order valence-electron chi connectivity index (χ0n) is 11.6. The van der Waals surface area contributed by atoms with Crippen molar-refractivity contribution in [2.45, 2.75) is 25.0 Å². The number of rotatable bonds is 4. The van der Waals surface area contributed by atoms with Gasteiger partial charge >= 0.3 is 0 Å². The van der Waals surface area contributed by atoms with Crippen LogP contribution in [0.2, 0.25) is 0 Å². The molecule has 1 heterocycles. The standard InChI is InChI=1S/C15H19FN2O2/c1-18(11-15(19)4-6-20-7-5-15)10-13-3-2-12(9-17)8-14(13)16/h2-3,8,19H,4-7,10-11H2,1H3. The highest BCUT2D eigenvalue weighted by atomic mass is 19.1. The molecule has 5 heteroatoms. The van der Waals surface area contributed by atoms with Crippen LogP contribution in [-0.4, -0.2) is 42.4 Å². The van der Waals surface area contributed by atoms with Gasteiger partial charge < -0.3 is 9.84 Å². The summed E-state index contributed by atoms with van der Waals surface area (Å²) in [5.74, 6) is -0.380. The molecule has 1 saturated heterocycles. The maximum atomic E-state index is 13.8. The molecule has 0 aliphatic carbocycles. The van der Waals surface area contributed by atoms with E-state index in [9.17, 15) is 9.50 Å². The lowest BCUT2D eigenvalue weighted by Gasteiger charge is -2.35. The Hall–Kier alpha value is -1.48. The summed E-state index contributed by atoms with van der Waals surface area (Å²) in [6.45, 7) is 2.02. The summed E-state index contributed by atoms with van der Waals surface area (Å²) in [5.41, 5.74) is 0.0925. The van der Waals surface area contributed by atoms with Crippen LogP contribution in [0.4, 0.5) is 4.39 Å². The third-order valence-corrected chi connectivity index (χ3v) is 3.61. The Bertz CT molecular complexity index is 507. The van der Waals surface area contributed by atoms with Crippen LogP contribution < -0.4 is 0 Å². The molecule has 0 aromatic heterocycles. The van der Waals surface area contributed by atoms with E-state index >= 15 is 0 Å². The summed E-state index contributed by atoms with van der Waals surface area (Å²) in [7, 11) is 1.85. The van der Waals surface area contributed by atoms with Crippen LogP contribution in [0.1, 0.15) is 24.0 Å². The van der Waals surface area contributed by atoms with Gasteiger partial charge in [-0.05, 0) is 19.2 Å². The molecular formula is C15H19FN2O2. The SMILES string of the molecule is CN(Cc1ccc(C#N)cc1F)CC1(O)CCOCC1. The first-order valence-corrected chi connectivity index (χ1v) is 6.70. The lowest BCUT2D eigenvalue weighted by Crippen LogP contribution is -2.45. The largest absolute Gasteiger partial charge is 0.388 e. The number of hydrogen-bond acceptors (Lipinski definition) is 4. The molecular weight excluding hydrogens is 259 g/mol. The Morgan fingerprint density at radius 3 is 2.75 bits per heavy atom. The molecule has 0 atom stereocenters. The number of likely N-dealkylation sites (N-methyl/N-ethyl adjacent to an activating group) is 1. The lowest BCUT2D eigenvalue weighted by molar-refractivity contribution is -0.0778. The predicted octanol–water partition coefficient (Wildman–Crippen LogP) is 1.67. The highest BCUT2D eigenvalue weighted by Crippen LogP contribution is 2.22. The fourth-order valence-corrected chi connectivity index (χ4v) is 2.50. The molecule has 0 radical (unpaired) electrons. The fourth-order valence-electron chi connectivity index (χ4n) is 2.50. The first-order chi connectivity index (χ1) is 9.52. The molecule has 0 amide bonds. The molecule has 1 N–H and O–H groups in total. The summed E-state index contributed by atoms with van der Waals surface area (Å²) in [4.78, 5) is 1.90. The van der Waals surface area contributed by atoms with Gasteiger partial charge in [-0.25, -0.2) is 4.39 Å². The summed E-state index contributed by atoms with van der Waals surface area (Å²) in [5, 5.41) is 19.1. The highest BCUT2D eigenvalue weighted by Gasteiger charge is 2.31. The van der Waals surface area contributed by atoms with Crippen molar-refractivity contribution in [3.05, 3.63) is 35.1 Å². The van der Waals surface area contributed by atoms with Gasteiger partial charge in [-0.1, -0.05) is 6.07 Å². The second kappa shape index (κ2) is 6.31. The first kappa shape index (κ1) is 14.9.